The number of carbonyl (C=O) groups is 4. The van der Waals surface area contributed by atoms with Crippen molar-refractivity contribution in [2.45, 2.75) is 32.2 Å². The maximum Gasteiger partial charge on any atom is 0.325 e. The number of likely N-dealkylation sites (N-methyl/N-ethyl adjacent to an activating group) is 2. The summed E-state index contributed by atoms with van der Waals surface area (Å²) >= 11 is 0. The van der Waals surface area contributed by atoms with E-state index < -0.39 is 23.4 Å². The molecule has 1 aliphatic carbocycles. The molecule has 1 aromatic carbocycles. The molecular weight excluding hydrogens is 348 g/mol. The van der Waals surface area contributed by atoms with Crippen LogP contribution in [0.4, 0.5) is 4.79 Å². The first-order valence-electron chi connectivity index (χ1n) is 9.20. The van der Waals surface area contributed by atoms with Crippen LogP contribution in [0, 0.1) is 0 Å². The number of hydrogen-bond acceptors (Lipinski definition) is 4. The van der Waals surface area contributed by atoms with Crippen molar-refractivity contribution in [2.75, 3.05) is 26.2 Å². The molecule has 5 amide bonds. The highest BCUT2D eigenvalue weighted by molar-refractivity contribution is 6.10. The first-order valence-corrected chi connectivity index (χ1v) is 9.20. The van der Waals surface area contributed by atoms with E-state index >= 15 is 0 Å². The smallest absolute Gasteiger partial charge is 0.325 e. The molecule has 3 rings (SSSR count). The first-order chi connectivity index (χ1) is 12.9. The molecule has 0 aromatic heterocycles. The summed E-state index contributed by atoms with van der Waals surface area (Å²) in [4.78, 5) is 52.2. The quantitative estimate of drug-likeness (QED) is 0.705. The number of amides is 5. The molecule has 1 atom stereocenters. The SMILES string of the molecule is CCNC(=O)CN(CC)C(=O)CN1C(=O)N[C@]2(CCc3ccccc32)C1=O. The van der Waals surface area contributed by atoms with Crippen LogP contribution in [0.25, 0.3) is 0 Å². The van der Waals surface area contributed by atoms with Crippen molar-refractivity contribution in [3.05, 3.63) is 35.4 Å². The summed E-state index contributed by atoms with van der Waals surface area (Å²) < 4.78 is 0. The third-order valence-corrected chi connectivity index (χ3v) is 5.16. The molecular formula is C19H24N4O4. The zero-order valence-corrected chi connectivity index (χ0v) is 15.6. The average Bonchev–Trinajstić information content (AvgIpc) is 3.13. The van der Waals surface area contributed by atoms with E-state index in [1.54, 1.807) is 13.8 Å². The Morgan fingerprint density at radius 2 is 2.00 bits per heavy atom. The van der Waals surface area contributed by atoms with E-state index in [0.29, 0.717) is 25.9 Å². The third-order valence-electron chi connectivity index (χ3n) is 5.16. The summed E-state index contributed by atoms with van der Waals surface area (Å²) in [6, 6.07) is 6.96. The number of aryl methyl sites for hydroxylation is 1. The Morgan fingerprint density at radius 1 is 1.26 bits per heavy atom. The molecule has 0 radical (unpaired) electrons. The Kier molecular flexibility index (Phi) is 5.16. The molecule has 27 heavy (non-hydrogen) atoms. The van der Waals surface area contributed by atoms with Gasteiger partial charge in [0.25, 0.3) is 5.91 Å². The maximum atomic E-state index is 13.1. The summed E-state index contributed by atoms with van der Waals surface area (Å²) in [6.07, 6.45) is 1.18. The number of imide groups is 1. The second-order valence-corrected chi connectivity index (χ2v) is 6.75. The van der Waals surface area contributed by atoms with E-state index in [0.717, 1.165) is 16.0 Å². The Hall–Kier alpha value is -2.90. The lowest BCUT2D eigenvalue weighted by atomic mass is 9.92. The molecule has 1 fully saturated rings. The van der Waals surface area contributed by atoms with Crippen molar-refractivity contribution in [1.29, 1.82) is 0 Å². The van der Waals surface area contributed by atoms with Crippen LogP contribution in [0.3, 0.4) is 0 Å². The minimum absolute atomic E-state index is 0.0964. The van der Waals surface area contributed by atoms with Crippen molar-refractivity contribution in [3.63, 3.8) is 0 Å². The van der Waals surface area contributed by atoms with Gasteiger partial charge < -0.3 is 15.5 Å². The van der Waals surface area contributed by atoms with Crippen LogP contribution in [-0.4, -0.2) is 59.7 Å². The third kappa shape index (κ3) is 3.27. The van der Waals surface area contributed by atoms with Gasteiger partial charge >= 0.3 is 6.03 Å². The standard InChI is InChI=1S/C19H24N4O4/c1-3-20-15(24)11-22(4-2)16(25)12-23-17(26)19(21-18(23)27)10-9-13-7-5-6-8-14(13)19/h5-8H,3-4,9-12H2,1-2H3,(H,20,24)(H,21,27)/t19-/m0/s1. The summed E-state index contributed by atoms with van der Waals surface area (Å²) in [5.74, 6) is -1.11. The van der Waals surface area contributed by atoms with E-state index in [1.807, 2.05) is 24.3 Å². The summed E-state index contributed by atoms with van der Waals surface area (Å²) in [5, 5.41) is 5.43. The fourth-order valence-electron chi connectivity index (χ4n) is 3.77. The van der Waals surface area contributed by atoms with E-state index in [1.165, 1.54) is 4.90 Å². The Balaban J connectivity index is 1.75. The van der Waals surface area contributed by atoms with E-state index in [9.17, 15) is 19.2 Å². The molecule has 144 valence electrons. The van der Waals surface area contributed by atoms with Crippen LogP contribution in [0.2, 0.25) is 0 Å². The van der Waals surface area contributed by atoms with Crippen LogP contribution >= 0.6 is 0 Å². The highest BCUT2D eigenvalue weighted by Gasteiger charge is 2.55. The minimum Gasteiger partial charge on any atom is -0.355 e. The van der Waals surface area contributed by atoms with Gasteiger partial charge in [-0.2, -0.15) is 0 Å². The van der Waals surface area contributed by atoms with Gasteiger partial charge in [-0.25, -0.2) is 4.79 Å². The Labute approximate surface area is 157 Å². The van der Waals surface area contributed by atoms with Crippen LogP contribution in [-0.2, 0) is 26.3 Å². The number of carbonyl (C=O) groups excluding carboxylic acids is 4. The Bertz CT molecular complexity index is 794. The molecule has 8 nitrogen and oxygen atoms in total. The number of urea groups is 1. The fourth-order valence-corrected chi connectivity index (χ4v) is 3.77. The van der Waals surface area contributed by atoms with Gasteiger partial charge in [0.05, 0.1) is 6.54 Å². The predicted octanol–water partition coefficient (Wildman–Crippen LogP) is 0.365. The molecule has 1 heterocycles. The molecule has 0 saturated carbocycles. The number of rotatable bonds is 6. The molecule has 2 aliphatic rings. The number of benzene rings is 1. The predicted molar refractivity (Wildman–Crippen MR) is 97.6 cm³/mol. The van der Waals surface area contributed by atoms with Gasteiger partial charge in [-0.1, -0.05) is 24.3 Å². The highest BCUT2D eigenvalue weighted by Crippen LogP contribution is 2.41. The summed E-state index contributed by atoms with van der Waals surface area (Å²) in [5.41, 5.74) is 0.753. The second kappa shape index (κ2) is 7.38. The zero-order chi connectivity index (χ0) is 19.6. The normalized spacial score (nSPS) is 20.6. The van der Waals surface area contributed by atoms with Gasteiger partial charge in [0, 0.05) is 13.1 Å². The van der Waals surface area contributed by atoms with Gasteiger partial charge in [-0.05, 0) is 37.8 Å². The lowest BCUT2D eigenvalue weighted by Gasteiger charge is -2.24. The first kappa shape index (κ1) is 18.9. The van der Waals surface area contributed by atoms with Crippen LogP contribution < -0.4 is 10.6 Å². The summed E-state index contributed by atoms with van der Waals surface area (Å²) in [6.45, 7) is 3.86. The lowest BCUT2D eigenvalue weighted by molar-refractivity contribution is -0.140. The largest absolute Gasteiger partial charge is 0.355 e. The maximum absolute atomic E-state index is 13.1. The average molecular weight is 372 g/mol. The molecule has 0 unspecified atom stereocenters. The number of nitrogens with one attached hydrogen (secondary N) is 2. The van der Waals surface area contributed by atoms with Crippen molar-refractivity contribution < 1.29 is 19.2 Å². The molecule has 2 N–H and O–H groups in total. The van der Waals surface area contributed by atoms with Gasteiger partial charge in [-0.3, -0.25) is 19.3 Å². The lowest BCUT2D eigenvalue weighted by Crippen LogP contribution is -2.47. The van der Waals surface area contributed by atoms with Crippen molar-refractivity contribution >= 4 is 23.8 Å². The molecule has 8 heteroatoms. The van der Waals surface area contributed by atoms with E-state index in [4.69, 9.17) is 0 Å². The fraction of sp³-hybridized carbons (Fsp3) is 0.474. The van der Waals surface area contributed by atoms with E-state index in [2.05, 4.69) is 10.6 Å². The second-order valence-electron chi connectivity index (χ2n) is 6.75. The van der Waals surface area contributed by atoms with Crippen molar-refractivity contribution in [1.82, 2.24) is 20.4 Å². The van der Waals surface area contributed by atoms with Crippen molar-refractivity contribution in [2.24, 2.45) is 0 Å². The van der Waals surface area contributed by atoms with Crippen molar-refractivity contribution in [3.8, 4) is 0 Å². The topological polar surface area (TPSA) is 98.8 Å². The minimum atomic E-state index is -1.08. The van der Waals surface area contributed by atoms with Crippen LogP contribution in [0.15, 0.2) is 24.3 Å². The Morgan fingerprint density at radius 3 is 2.70 bits per heavy atom. The zero-order valence-electron chi connectivity index (χ0n) is 15.6. The van der Waals surface area contributed by atoms with Crippen LogP contribution in [0.1, 0.15) is 31.4 Å². The highest BCUT2D eigenvalue weighted by atomic mass is 16.2. The molecule has 1 aromatic rings. The molecule has 1 saturated heterocycles. The molecule has 1 aliphatic heterocycles. The monoisotopic (exact) mass is 372 g/mol. The van der Waals surface area contributed by atoms with Gasteiger partial charge in [0.1, 0.15) is 12.1 Å². The molecule has 1 spiro atoms. The van der Waals surface area contributed by atoms with E-state index in [-0.39, 0.29) is 19.0 Å². The van der Waals surface area contributed by atoms with Gasteiger partial charge in [-0.15, -0.1) is 0 Å². The summed E-state index contributed by atoms with van der Waals surface area (Å²) in [7, 11) is 0. The van der Waals surface area contributed by atoms with Gasteiger partial charge in [0.2, 0.25) is 11.8 Å². The molecule has 0 bridgehead atoms. The number of hydrogen-bond donors (Lipinski definition) is 2. The van der Waals surface area contributed by atoms with Gasteiger partial charge in [0.15, 0.2) is 0 Å². The van der Waals surface area contributed by atoms with Crippen LogP contribution in [0.5, 0.6) is 0 Å². The number of nitrogens with zero attached hydrogens (tertiary/aromatic N) is 2. The number of fused-ring (bicyclic) bond motifs is 2.